The average molecular weight is 208 g/mol. The molecule has 0 aliphatic heterocycles. The van der Waals surface area contributed by atoms with Gasteiger partial charge in [0.15, 0.2) is 0 Å². The van der Waals surface area contributed by atoms with E-state index in [2.05, 4.69) is 19.2 Å². The maximum absolute atomic E-state index is 11.2. The van der Waals surface area contributed by atoms with E-state index in [4.69, 9.17) is 4.74 Å². The number of thiol groups is 1. The lowest BCUT2D eigenvalue weighted by atomic mass is 10.1. The van der Waals surface area contributed by atoms with Crippen LogP contribution in [-0.2, 0) is 16.0 Å². The van der Waals surface area contributed by atoms with Crippen LogP contribution in [0.15, 0.2) is 42.5 Å². The van der Waals surface area contributed by atoms with Crippen molar-refractivity contribution in [3.63, 3.8) is 0 Å². The average Bonchev–Trinajstić information content (AvgIpc) is 2.19. The van der Waals surface area contributed by atoms with Crippen molar-refractivity contribution in [2.75, 3.05) is 5.94 Å². The topological polar surface area (TPSA) is 26.3 Å². The molecule has 0 aliphatic rings. The van der Waals surface area contributed by atoms with Gasteiger partial charge >= 0.3 is 5.97 Å². The SMILES string of the molecule is C=C(Cc1ccccc1)C(=O)OCS. The van der Waals surface area contributed by atoms with Crippen LogP contribution in [0.5, 0.6) is 0 Å². The molecule has 3 heteroatoms. The Hall–Kier alpha value is -1.22. The third-order valence-corrected chi connectivity index (χ3v) is 1.87. The van der Waals surface area contributed by atoms with Gasteiger partial charge in [0, 0.05) is 12.0 Å². The second kappa shape index (κ2) is 5.50. The van der Waals surface area contributed by atoms with Gasteiger partial charge in [-0.15, -0.1) is 12.6 Å². The summed E-state index contributed by atoms with van der Waals surface area (Å²) < 4.78 is 4.70. The van der Waals surface area contributed by atoms with Gasteiger partial charge in [-0.3, -0.25) is 0 Å². The van der Waals surface area contributed by atoms with E-state index in [1.165, 1.54) is 0 Å². The Kier molecular flexibility index (Phi) is 4.26. The van der Waals surface area contributed by atoms with Crippen LogP contribution >= 0.6 is 12.6 Å². The first-order valence-electron chi connectivity index (χ1n) is 4.23. The highest BCUT2D eigenvalue weighted by Crippen LogP contribution is 2.07. The molecule has 1 aromatic rings. The van der Waals surface area contributed by atoms with Gasteiger partial charge in [-0.05, 0) is 5.56 Å². The van der Waals surface area contributed by atoms with Crippen LogP contribution in [0.4, 0.5) is 0 Å². The molecule has 0 amide bonds. The smallest absolute Gasteiger partial charge is 0.334 e. The fraction of sp³-hybridized carbons (Fsp3) is 0.182. The van der Waals surface area contributed by atoms with Crippen LogP contribution in [0, 0.1) is 0 Å². The molecule has 0 aliphatic carbocycles. The fourth-order valence-electron chi connectivity index (χ4n) is 1.08. The van der Waals surface area contributed by atoms with Crippen LogP contribution in [0.2, 0.25) is 0 Å². The molecule has 14 heavy (non-hydrogen) atoms. The molecule has 74 valence electrons. The largest absolute Gasteiger partial charge is 0.452 e. The van der Waals surface area contributed by atoms with Crippen molar-refractivity contribution < 1.29 is 9.53 Å². The van der Waals surface area contributed by atoms with Gasteiger partial charge in [-0.2, -0.15) is 0 Å². The minimum absolute atomic E-state index is 0.0899. The summed E-state index contributed by atoms with van der Waals surface area (Å²) in [7, 11) is 0. The second-order valence-corrected chi connectivity index (χ2v) is 3.09. The van der Waals surface area contributed by atoms with Gasteiger partial charge in [0.25, 0.3) is 0 Å². The summed E-state index contributed by atoms with van der Waals surface area (Å²) in [6.45, 7) is 3.66. The van der Waals surface area contributed by atoms with Gasteiger partial charge < -0.3 is 4.74 Å². The van der Waals surface area contributed by atoms with Gasteiger partial charge in [0.2, 0.25) is 0 Å². The van der Waals surface area contributed by atoms with Gasteiger partial charge in [-0.25, -0.2) is 4.79 Å². The number of hydrogen-bond donors (Lipinski definition) is 1. The standard InChI is InChI=1S/C11H12O2S/c1-9(11(12)13-8-14)7-10-5-3-2-4-6-10/h2-6,14H,1,7-8H2. The number of hydrogen-bond acceptors (Lipinski definition) is 3. The van der Waals surface area contributed by atoms with Gasteiger partial charge in [-0.1, -0.05) is 36.9 Å². The first-order valence-corrected chi connectivity index (χ1v) is 4.87. The van der Waals surface area contributed by atoms with E-state index in [0.29, 0.717) is 12.0 Å². The Balaban J connectivity index is 2.53. The molecular formula is C11H12O2S. The first-order chi connectivity index (χ1) is 6.74. The molecule has 0 fully saturated rings. The predicted molar refractivity (Wildman–Crippen MR) is 59.2 cm³/mol. The van der Waals surface area contributed by atoms with Crippen LogP contribution in [0.3, 0.4) is 0 Å². The molecular weight excluding hydrogens is 196 g/mol. The number of rotatable bonds is 4. The Morgan fingerprint density at radius 2 is 2.00 bits per heavy atom. The van der Waals surface area contributed by atoms with Crippen molar-refractivity contribution in [2.45, 2.75) is 6.42 Å². The highest BCUT2D eigenvalue weighted by Gasteiger charge is 2.07. The molecule has 0 N–H and O–H groups in total. The van der Waals surface area contributed by atoms with Crippen molar-refractivity contribution >= 4 is 18.6 Å². The molecule has 2 nitrogen and oxygen atoms in total. The Labute approximate surface area is 89.0 Å². The van der Waals surface area contributed by atoms with Crippen LogP contribution in [-0.4, -0.2) is 11.9 Å². The number of carbonyl (C=O) groups excluding carboxylic acids is 1. The molecule has 0 radical (unpaired) electrons. The van der Waals surface area contributed by atoms with Crippen LogP contribution < -0.4 is 0 Å². The molecule has 1 rings (SSSR count). The van der Waals surface area contributed by atoms with Gasteiger partial charge in [0.1, 0.15) is 5.94 Å². The number of benzene rings is 1. The molecule has 0 saturated carbocycles. The molecule has 1 aromatic carbocycles. The number of carbonyl (C=O) groups is 1. The third-order valence-electron chi connectivity index (χ3n) is 1.74. The van der Waals surface area contributed by atoms with Crippen molar-refractivity contribution in [3.8, 4) is 0 Å². The lowest BCUT2D eigenvalue weighted by molar-refractivity contribution is -0.136. The molecule has 0 atom stereocenters. The summed E-state index contributed by atoms with van der Waals surface area (Å²) in [6.07, 6.45) is 0.521. The zero-order chi connectivity index (χ0) is 10.4. The fourth-order valence-corrected chi connectivity index (χ4v) is 1.19. The predicted octanol–water partition coefficient (Wildman–Crippen LogP) is 2.22. The lowest BCUT2D eigenvalue weighted by Gasteiger charge is -2.04. The van der Waals surface area contributed by atoms with E-state index in [1.807, 2.05) is 30.3 Å². The summed E-state index contributed by atoms with van der Waals surface area (Å²) >= 11 is 3.80. The first kappa shape index (κ1) is 10.9. The third kappa shape index (κ3) is 3.26. The van der Waals surface area contributed by atoms with E-state index in [-0.39, 0.29) is 11.9 Å². The molecule has 0 unspecified atom stereocenters. The maximum Gasteiger partial charge on any atom is 0.334 e. The monoisotopic (exact) mass is 208 g/mol. The minimum Gasteiger partial charge on any atom is -0.452 e. The Morgan fingerprint density at radius 3 is 2.57 bits per heavy atom. The van der Waals surface area contributed by atoms with Crippen molar-refractivity contribution in [1.82, 2.24) is 0 Å². The minimum atomic E-state index is -0.385. The van der Waals surface area contributed by atoms with E-state index >= 15 is 0 Å². The zero-order valence-electron chi connectivity index (χ0n) is 7.77. The normalized spacial score (nSPS) is 9.50. The number of ether oxygens (including phenoxy) is 1. The second-order valence-electron chi connectivity index (χ2n) is 2.83. The van der Waals surface area contributed by atoms with Crippen LogP contribution in [0.1, 0.15) is 5.56 Å². The zero-order valence-corrected chi connectivity index (χ0v) is 8.67. The van der Waals surface area contributed by atoms with E-state index in [0.717, 1.165) is 5.56 Å². The molecule has 0 spiro atoms. The van der Waals surface area contributed by atoms with E-state index < -0.39 is 0 Å². The molecule has 0 bridgehead atoms. The summed E-state index contributed by atoms with van der Waals surface area (Å²) in [4.78, 5) is 11.2. The summed E-state index contributed by atoms with van der Waals surface area (Å²) in [5.41, 5.74) is 1.50. The van der Waals surface area contributed by atoms with Crippen molar-refractivity contribution in [3.05, 3.63) is 48.0 Å². The van der Waals surface area contributed by atoms with E-state index in [9.17, 15) is 4.79 Å². The highest BCUT2D eigenvalue weighted by molar-refractivity contribution is 7.80. The van der Waals surface area contributed by atoms with Crippen LogP contribution in [0.25, 0.3) is 0 Å². The summed E-state index contributed by atoms with van der Waals surface area (Å²) in [5.74, 6) is -0.295. The van der Waals surface area contributed by atoms with Gasteiger partial charge in [0.05, 0.1) is 0 Å². The van der Waals surface area contributed by atoms with Crippen molar-refractivity contribution in [1.29, 1.82) is 0 Å². The highest BCUT2D eigenvalue weighted by atomic mass is 32.1. The summed E-state index contributed by atoms with van der Waals surface area (Å²) in [6, 6.07) is 9.66. The quantitative estimate of drug-likeness (QED) is 0.355. The lowest BCUT2D eigenvalue weighted by Crippen LogP contribution is -2.07. The van der Waals surface area contributed by atoms with Crippen molar-refractivity contribution in [2.24, 2.45) is 0 Å². The number of esters is 1. The van der Waals surface area contributed by atoms with E-state index in [1.54, 1.807) is 0 Å². The summed E-state index contributed by atoms with van der Waals surface area (Å²) in [5, 5.41) is 0. The molecule has 0 heterocycles. The molecule has 0 saturated heterocycles. The maximum atomic E-state index is 11.2. The Bertz CT molecular complexity index is 319. The Morgan fingerprint density at radius 1 is 1.36 bits per heavy atom. The molecule has 0 aromatic heterocycles.